The van der Waals surface area contributed by atoms with Crippen LogP contribution in [0.4, 0.5) is 0 Å². The van der Waals surface area contributed by atoms with Crippen LogP contribution < -0.4 is 5.56 Å². The molecule has 0 saturated carbocycles. The minimum atomic E-state index is -0.865. The zero-order valence-electron chi connectivity index (χ0n) is 16.7. The number of hydrogen-bond acceptors (Lipinski definition) is 5. The van der Waals surface area contributed by atoms with Crippen molar-refractivity contribution >= 4 is 11.0 Å². The SMILES string of the molecule is Cc1ccc([C@H](OC[C@@H](O)Cn2cnc3ncccc3c2=O)c2ccccc2)cc1. The van der Waals surface area contributed by atoms with E-state index in [1.54, 1.807) is 18.3 Å². The molecule has 0 spiro atoms. The Kier molecular flexibility index (Phi) is 5.97. The van der Waals surface area contributed by atoms with Crippen molar-refractivity contribution in [3.8, 4) is 0 Å². The number of benzene rings is 2. The van der Waals surface area contributed by atoms with Gasteiger partial charge in [0.2, 0.25) is 0 Å². The molecular formula is C24H23N3O3. The summed E-state index contributed by atoms with van der Waals surface area (Å²) >= 11 is 0. The molecule has 6 heteroatoms. The molecule has 0 aliphatic heterocycles. The van der Waals surface area contributed by atoms with E-state index < -0.39 is 6.10 Å². The average Bonchev–Trinajstić information content (AvgIpc) is 2.78. The number of aryl methyl sites for hydroxylation is 1. The van der Waals surface area contributed by atoms with Crippen molar-refractivity contribution in [1.29, 1.82) is 0 Å². The van der Waals surface area contributed by atoms with E-state index in [4.69, 9.17) is 4.74 Å². The Bertz CT molecular complexity index is 1170. The van der Waals surface area contributed by atoms with Crippen molar-refractivity contribution in [2.24, 2.45) is 0 Å². The molecule has 30 heavy (non-hydrogen) atoms. The van der Waals surface area contributed by atoms with Crippen LogP contribution in [0.3, 0.4) is 0 Å². The van der Waals surface area contributed by atoms with E-state index in [0.29, 0.717) is 11.0 Å². The van der Waals surface area contributed by atoms with Crippen molar-refractivity contribution in [3.05, 3.63) is 106 Å². The van der Waals surface area contributed by atoms with Gasteiger partial charge in [0.05, 0.1) is 24.6 Å². The Morgan fingerprint density at radius 3 is 2.47 bits per heavy atom. The van der Waals surface area contributed by atoms with E-state index in [2.05, 4.69) is 9.97 Å². The molecule has 0 radical (unpaired) electrons. The summed E-state index contributed by atoms with van der Waals surface area (Å²) in [7, 11) is 0. The van der Waals surface area contributed by atoms with E-state index in [9.17, 15) is 9.90 Å². The van der Waals surface area contributed by atoms with Gasteiger partial charge in [-0.25, -0.2) is 9.97 Å². The number of nitrogens with zero attached hydrogens (tertiary/aromatic N) is 3. The van der Waals surface area contributed by atoms with Crippen molar-refractivity contribution in [1.82, 2.24) is 14.5 Å². The highest BCUT2D eigenvalue weighted by Gasteiger charge is 2.17. The summed E-state index contributed by atoms with van der Waals surface area (Å²) in [6, 6.07) is 21.4. The Hall–Kier alpha value is -3.35. The maximum atomic E-state index is 12.6. The lowest BCUT2D eigenvalue weighted by Crippen LogP contribution is -2.30. The molecule has 2 atom stereocenters. The second kappa shape index (κ2) is 8.98. The summed E-state index contributed by atoms with van der Waals surface area (Å²) in [5.74, 6) is 0. The molecule has 0 saturated heterocycles. The fraction of sp³-hybridized carbons (Fsp3) is 0.208. The maximum absolute atomic E-state index is 12.6. The Labute approximate surface area is 174 Å². The van der Waals surface area contributed by atoms with Gasteiger partial charge in [-0.2, -0.15) is 0 Å². The summed E-state index contributed by atoms with van der Waals surface area (Å²) in [6.07, 6.45) is 1.83. The van der Waals surface area contributed by atoms with Gasteiger partial charge in [0.15, 0.2) is 5.65 Å². The molecule has 4 rings (SSSR count). The maximum Gasteiger partial charge on any atom is 0.262 e. The molecular weight excluding hydrogens is 378 g/mol. The summed E-state index contributed by atoms with van der Waals surface area (Å²) in [5, 5.41) is 11.0. The van der Waals surface area contributed by atoms with E-state index in [0.717, 1.165) is 11.1 Å². The molecule has 2 aromatic carbocycles. The Morgan fingerprint density at radius 2 is 1.70 bits per heavy atom. The second-order valence-corrected chi connectivity index (χ2v) is 7.27. The van der Waals surface area contributed by atoms with Gasteiger partial charge in [-0.05, 0) is 30.2 Å². The van der Waals surface area contributed by atoms with E-state index in [1.165, 1.54) is 16.5 Å². The van der Waals surface area contributed by atoms with Gasteiger partial charge in [0.25, 0.3) is 5.56 Å². The first-order valence-corrected chi connectivity index (χ1v) is 9.83. The van der Waals surface area contributed by atoms with Crippen LogP contribution >= 0.6 is 0 Å². The van der Waals surface area contributed by atoms with Crippen molar-refractivity contribution in [2.75, 3.05) is 6.61 Å². The Morgan fingerprint density at radius 1 is 0.967 bits per heavy atom. The molecule has 6 nitrogen and oxygen atoms in total. The van der Waals surface area contributed by atoms with Gasteiger partial charge in [-0.15, -0.1) is 0 Å². The molecule has 2 heterocycles. The average molecular weight is 401 g/mol. The molecule has 152 valence electrons. The highest BCUT2D eigenvalue weighted by molar-refractivity contribution is 5.72. The number of aromatic nitrogens is 3. The topological polar surface area (TPSA) is 77.2 Å². The van der Waals surface area contributed by atoms with Gasteiger partial charge in [-0.1, -0.05) is 60.2 Å². The minimum Gasteiger partial charge on any atom is -0.389 e. The van der Waals surface area contributed by atoms with E-state index in [1.807, 2.05) is 61.5 Å². The van der Waals surface area contributed by atoms with Gasteiger partial charge in [0.1, 0.15) is 12.4 Å². The van der Waals surface area contributed by atoms with Crippen LogP contribution in [0.25, 0.3) is 11.0 Å². The van der Waals surface area contributed by atoms with Crippen LogP contribution in [-0.2, 0) is 11.3 Å². The van der Waals surface area contributed by atoms with E-state index in [-0.39, 0.29) is 24.8 Å². The zero-order valence-corrected chi connectivity index (χ0v) is 16.7. The molecule has 0 bridgehead atoms. The molecule has 0 fully saturated rings. The predicted molar refractivity (Wildman–Crippen MR) is 115 cm³/mol. The van der Waals surface area contributed by atoms with Crippen LogP contribution in [0.2, 0.25) is 0 Å². The third-order valence-electron chi connectivity index (χ3n) is 4.94. The predicted octanol–water partition coefficient (Wildman–Crippen LogP) is 3.27. The van der Waals surface area contributed by atoms with Crippen LogP contribution in [0.5, 0.6) is 0 Å². The third kappa shape index (κ3) is 4.45. The quantitative estimate of drug-likeness (QED) is 0.514. The van der Waals surface area contributed by atoms with Gasteiger partial charge in [0, 0.05) is 6.20 Å². The van der Waals surface area contributed by atoms with Crippen molar-refractivity contribution in [3.63, 3.8) is 0 Å². The Balaban J connectivity index is 1.50. The number of rotatable bonds is 7. The lowest BCUT2D eigenvalue weighted by atomic mass is 10.0. The monoisotopic (exact) mass is 401 g/mol. The molecule has 4 aromatic rings. The lowest BCUT2D eigenvalue weighted by molar-refractivity contribution is -0.000990. The first-order chi connectivity index (χ1) is 14.6. The third-order valence-corrected chi connectivity index (χ3v) is 4.94. The van der Waals surface area contributed by atoms with Crippen LogP contribution in [0.1, 0.15) is 22.8 Å². The molecule has 0 aliphatic carbocycles. The standard InChI is InChI=1S/C24H23N3O3/c1-17-9-11-19(12-10-17)22(18-6-3-2-4-7-18)30-15-20(28)14-27-16-26-23-21(24(27)29)8-5-13-25-23/h2-13,16,20,22,28H,14-15H2,1H3/t20-,22+/m0/s1. The highest BCUT2D eigenvalue weighted by atomic mass is 16.5. The van der Waals surface area contributed by atoms with Crippen LogP contribution in [0.15, 0.2) is 84.0 Å². The van der Waals surface area contributed by atoms with Crippen LogP contribution in [0, 0.1) is 6.92 Å². The molecule has 1 N–H and O–H groups in total. The van der Waals surface area contributed by atoms with Crippen molar-refractivity contribution < 1.29 is 9.84 Å². The van der Waals surface area contributed by atoms with E-state index >= 15 is 0 Å². The first-order valence-electron chi connectivity index (χ1n) is 9.83. The number of aliphatic hydroxyl groups excluding tert-OH is 1. The zero-order chi connectivity index (χ0) is 20.9. The highest BCUT2D eigenvalue weighted by Crippen LogP contribution is 2.26. The minimum absolute atomic E-state index is 0.0744. The number of pyridine rings is 1. The molecule has 0 amide bonds. The summed E-state index contributed by atoms with van der Waals surface area (Å²) in [4.78, 5) is 20.9. The first kappa shape index (κ1) is 19.9. The number of ether oxygens (including phenoxy) is 1. The smallest absolute Gasteiger partial charge is 0.262 e. The van der Waals surface area contributed by atoms with Gasteiger partial charge in [-0.3, -0.25) is 9.36 Å². The number of fused-ring (bicyclic) bond motifs is 1. The molecule has 0 aliphatic rings. The number of hydrogen-bond donors (Lipinski definition) is 1. The second-order valence-electron chi connectivity index (χ2n) is 7.27. The fourth-order valence-corrected chi connectivity index (χ4v) is 3.37. The summed E-state index contributed by atoms with van der Waals surface area (Å²) in [6.45, 7) is 2.20. The van der Waals surface area contributed by atoms with Gasteiger partial charge < -0.3 is 9.84 Å². The normalized spacial score (nSPS) is 13.3. The summed E-state index contributed by atoms with van der Waals surface area (Å²) < 4.78 is 7.51. The summed E-state index contributed by atoms with van der Waals surface area (Å²) in [5.41, 5.74) is 3.35. The van der Waals surface area contributed by atoms with Crippen molar-refractivity contribution in [2.45, 2.75) is 25.7 Å². The largest absolute Gasteiger partial charge is 0.389 e. The number of aliphatic hydroxyl groups is 1. The van der Waals surface area contributed by atoms with Gasteiger partial charge >= 0.3 is 0 Å². The molecule has 2 aromatic heterocycles. The fourth-order valence-electron chi connectivity index (χ4n) is 3.37. The molecule has 0 unspecified atom stereocenters. The lowest BCUT2D eigenvalue weighted by Gasteiger charge is -2.21. The van der Waals surface area contributed by atoms with Crippen LogP contribution in [-0.4, -0.2) is 32.4 Å².